The van der Waals surface area contributed by atoms with Gasteiger partial charge in [0.1, 0.15) is 12.6 Å². The number of hydrogen-bond donors (Lipinski definition) is 1. The zero-order valence-electron chi connectivity index (χ0n) is 21.7. The van der Waals surface area contributed by atoms with Crippen molar-refractivity contribution in [1.82, 2.24) is 10.2 Å². The van der Waals surface area contributed by atoms with E-state index in [0.717, 1.165) is 27.3 Å². The van der Waals surface area contributed by atoms with Crippen LogP contribution in [0, 0.1) is 19.8 Å². The Morgan fingerprint density at radius 3 is 2.26 bits per heavy atom. The maximum atomic E-state index is 13.7. The summed E-state index contributed by atoms with van der Waals surface area (Å²) < 4.78 is 26.7. The molecular formula is C27H39N3O4S. The van der Waals surface area contributed by atoms with Crippen molar-refractivity contribution in [2.75, 3.05) is 30.2 Å². The van der Waals surface area contributed by atoms with E-state index < -0.39 is 22.0 Å². The minimum absolute atomic E-state index is 0.222. The highest BCUT2D eigenvalue weighted by Gasteiger charge is 2.31. The number of carbonyl (C=O) groups is 2. The molecule has 0 fully saturated rings. The van der Waals surface area contributed by atoms with E-state index in [2.05, 4.69) is 5.32 Å². The first-order valence-electron chi connectivity index (χ1n) is 12.1. The highest BCUT2D eigenvalue weighted by Crippen LogP contribution is 2.24. The number of hydrogen-bond acceptors (Lipinski definition) is 4. The van der Waals surface area contributed by atoms with Gasteiger partial charge in [-0.25, -0.2) is 8.42 Å². The Hall–Kier alpha value is -2.87. The fraction of sp³-hybridized carbons (Fsp3) is 0.481. The summed E-state index contributed by atoms with van der Waals surface area (Å²) in [6.07, 6.45) is 2.08. The summed E-state index contributed by atoms with van der Waals surface area (Å²) in [5.74, 6) is -0.353. The first kappa shape index (κ1) is 28.4. The minimum Gasteiger partial charge on any atom is -0.354 e. The monoisotopic (exact) mass is 501 g/mol. The third-order valence-corrected chi connectivity index (χ3v) is 6.99. The fourth-order valence-electron chi connectivity index (χ4n) is 3.90. The van der Waals surface area contributed by atoms with Crippen molar-refractivity contribution in [3.8, 4) is 0 Å². The summed E-state index contributed by atoms with van der Waals surface area (Å²) in [6.45, 7) is 10.0. The Morgan fingerprint density at radius 2 is 1.69 bits per heavy atom. The first-order valence-corrected chi connectivity index (χ1v) is 13.9. The molecule has 0 unspecified atom stereocenters. The number of benzene rings is 2. The van der Waals surface area contributed by atoms with Crippen LogP contribution in [0.25, 0.3) is 0 Å². The van der Waals surface area contributed by atoms with Gasteiger partial charge >= 0.3 is 0 Å². The number of nitrogens with one attached hydrogen (secondary N) is 1. The molecule has 0 heterocycles. The van der Waals surface area contributed by atoms with Gasteiger partial charge in [0.05, 0.1) is 11.9 Å². The van der Waals surface area contributed by atoms with Gasteiger partial charge in [0, 0.05) is 13.1 Å². The van der Waals surface area contributed by atoms with Crippen LogP contribution < -0.4 is 9.62 Å². The highest BCUT2D eigenvalue weighted by atomic mass is 32.2. The Bertz CT molecular complexity index is 1100. The minimum atomic E-state index is -3.74. The zero-order chi connectivity index (χ0) is 26.2. The van der Waals surface area contributed by atoms with Crippen LogP contribution in [-0.2, 0) is 26.0 Å². The van der Waals surface area contributed by atoms with Gasteiger partial charge in [0.25, 0.3) is 0 Å². The molecule has 0 bridgehead atoms. The van der Waals surface area contributed by atoms with Gasteiger partial charge in [-0.05, 0) is 55.4 Å². The molecule has 0 aliphatic carbocycles. The quantitative estimate of drug-likeness (QED) is 0.481. The van der Waals surface area contributed by atoms with Gasteiger partial charge in [-0.2, -0.15) is 0 Å². The summed E-state index contributed by atoms with van der Waals surface area (Å²) in [6, 6.07) is 14.6. The van der Waals surface area contributed by atoms with Crippen LogP contribution in [0.4, 0.5) is 5.69 Å². The van der Waals surface area contributed by atoms with E-state index in [1.807, 2.05) is 77.1 Å². The van der Waals surface area contributed by atoms with E-state index in [1.165, 1.54) is 4.90 Å². The molecule has 0 aromatic heterocycles. The maximum absolute atomic E-state index is 13.7. The smallest absolute Gasteiger partial charge is 0.244 e. The standard InChI is InChI=1S/C27H39N3O4S/c1-7-24(27(32)28-18-20(2)3)29(16-15-23-11-9-8-10-12-23)26(31)19-30(35(6,33)34)25-17-21(4)13-14-22(25)5/h8-14,17,20,24H,7,15-16,18-19H2,1-6H3,(H,28,32)/t24-/m1/s1. The molecule has 0 aliphatic rings. The van der Waals surface area contributed by atoms with Crippen LogP contribution in [0.3, 0.4) is 0 Å². The van der Waals surface area contributed by atoms with Crippen molar-refractivity contribution in [3.05, 3.63) is 65.2 Å². The van der Waals surface area contributed by atoms with Crippen LogP contribution in [-0.4, -0.2) is 57.1 Å². The van der Waals surface area contributed by atoms with E-state index in [9.17, 15) is 18.0 Å². The summed E-state index contributed by atoms with van der Waals surface area (Å²) >= 11 is 0. The number of carbonyl (C=O) groups excluding carboxylic acids is 2. The second-order valence-electron chi connectivity index (χ2n) is 9.45. The summed E-state index contributed by atoms with van der Waals surface area (Å²) in [5.41, 5.74) is 3.16. The van der Waals surface area contributed by atoms with Gasteiger partial charge in [0.15, 0.2) is 0 Å². The average Bonchev–Trinajstić information content (AvgIpc) is 2.80. The normalized spacial score (nSPS) is 12.3. The molecule has 0 saturated heterocycles. The van der Waals surface area contributed by atoms with E-state index in [1.54, 1.807) is 6.07 Å². The van der Waals surface area contributed by atoms with Crippen molar-refractivity contribution in [2.45, 2.75) is 53.5 Å². The molecular weight excluding hydrogens is 462 g/mol. The molecule has 0 saturated carbocycles. The predicted octanol–water partition coefficient (Wildman–Crippen LogP) is 3.69. The third kappa shape index (κ3) is 8.38. The number of rotatable bonds is 12. The molecule has 2 rings (SSSR count). The molecule has 0 spiro atoms. The molecule has 0 aliphatic heterocycles. The average molecular weight is 502 g/mol. The molecule has 1 atom stereocenters. The molecule has 2 aromatic carbocycles. The molecule has 2 aromatic rings. The lowest BCUT2D eigenvalue weighted by Gasteiger charge is -2.33. The molecule has 0 radical (unpaired) electrons. The Labute approximate surface area is 210 Å². The lowest BCUT2D eigenvalue weighted by atomic mass is 10.1. The van der Waals surface area contributed by atoms with E-state index in [0.29, 0.717) is 31.6 Å². The SMILES string of the molecule is CC[C@H](C(=O)NCC(C)C)N(CCc1ccccc1)C(=O)CN(c1cc(C)ccc1C)S(C)(=O)=O. The predicted molar refractivity (Wildman–Crippen MR) is 142 cm³/mol. The number of aryl methyl sites for hydroxylation is 2. The molecule has 192 valence electrons. The van der Waals surface area contributed by atoms with Crippen molar-refractivity contribution < 1.29 is 18.0 Å². The number of anilines is 1. The van der Waals surface area contributed by atoms with Crippen LogP contribution in [0.2, 0.25) is 0 Å². The summed E-state index contributed by atoms with van der Waals surface area (Å²) in [7, 11) is -3.74. The van der Waals surface area contributed by atoms with Crippen molar-refractivity contribution in [3.63, 3.8) is 0 Å². The van der Waals surface area contributed by atoms with E-state index >= 15 is 0 Å². The van der Waals surface area contributed by atoms with Gasteiger partial charge in [0.2, 0.25) is 21.8 Å². The molecule has 2 amide bonds. The molecule has 7 nitrogen and oxygen atoms in total. The topological polar surface area (TPSA) is 86.8 Å². The second-order valence-corrected chi connectivity index (χ2v) is 11.4. The largest absolute Gasteiger partial charge is 0.354 e. The molecule has 35 heavy (non-hydrogen) atoms. The summed E-state index contributed by atoms with van der Waals surface area (Å²) in [4.78, 5) is 28.3. The number of sulfonamides is 1. The molecule has 1 N–H and O–H groups in total. The zero-order valence-corrected chi connectivity index (χ0v) is 22.6. The van der Waals surface area contributed by atoms with Gasteiger partial charge in [-0.15, -0.1) is 0 Å². The third-order valence-electron chi connectivity index (χ3n) is 5.87. The highest BCUT2D eigenvalue weighted by molar-refractivity contribution is 7.92. The maximum Gasteiger partial charge on any atom is 0.244 e. The second kappa shape index (κ2) is 12.7. The van der Waals surface area contributed by atoms with Gasteiger partial charge in [-0.3, -0.25) is 13.9 Å². The van der Waals surface area contributed by atoms with Gasteiger partial charge < -0.3 is 10.2 Å². The fourth-order valence-corrected chi connectivity index (χ4v) is 4.80. The van der Waals surface area contributed by atoms with E-state index in [-0.39, 0.29) is 18.4 Å². The van der Waals surface area contributed by atoms with Crippen LogP contribution in [0.1, 0.15) is 43.9 Å². The summed E-state index contributed by atoms with van der Waals surface area (Å²) in [5, 5.41) is 2.93. The van der Waals surface area contributed by atoms with Crippen molar-refractivity contribution >= 4 is 27.5 Å². The lowest BCUT2D eigenvalue weighted by molar-refractivity contribution is -0.139. The molecule has 8 heteroatoms. The first-order chi connectivity index (χ1) is 16.4. The van der Waals surface area contributed by atoms with Crippen molar-refractivity contribution in [2.24, 2.45) is 5.92 Å². The van der Waals surface area contributed by atoms with Crippen LogP contribution in [0.5, 0.6) is 0 Å². The van der Waals surface area contributed by atoms with E-state index in [4.69, 9.17) is 0 Å². The Balaban J connectivity index is 2.38. The Kier molecular flexibility index (Phi) is 10.3. The Morgan fingerprint density at radius 1 is 1.03 bits per heavy atom. The number of amides is 2. The van der Waals surface area contributed by atoms with Crippen LogP contribution >= 0.6 is 0 Å². The van der Waals surface area contributed by atoms with Crippen LogP contribution in [0.15, 0.2) is 48.5 Å². The van der Waals surface area contributed by atoms with Gasteiger partial charge in [-0.1, -0.05) is 63.2 Å². The number of nitrogens with zero attached hydrogens (tertiary/aromatic N) is 2. The van der Waals surface area contributed by atoms with Crippen molar-refractivity contribution in [1.29, 1.82) is 0 Å². The lowest BCUT2D eigenvalue weighted by Crippen LogP contribution is -2.53.